The zero-order valence-electron chi connectivity index (χ0n) is 11.6. The summed E-state index contributed by atoms with van der Waals surface area (Å²) in [6.07, 6.45) is 2.72. The number of carbonyl (C=O) groups is 2. The normalized spacial score (nSPS) is 36.4. The van der Waals surface area contributed by atoms with Crippen LogP contribution in [-0.4, -0.2) is 45.2 Å². The summed E-state index contributed by atoms with van der Waals surface area (Å²) in [5.41, 5.74) is 0. The summed E-state index contributed by atoms with van der Waals surface area (Å²) in [6.45, 7) is 1.18. The average Bonchev–Trinajstić information content (AvgIpc) is 2.87. The van der Waals surface area contributed by atoms with Crippen LogP contribution < -0.4 is 34.7 Å². The second-order valence-corrected chi connectivity index (χ2v) is 8.12. The maximum Gasteiger partial charge on any atom is 1.00 e. The van der Waals surface area contributed by atoms with E-state index in [2.05, 4.69) is 10.3 Å². The van der Waals surface area contributed by atoms with Gasteiger partial charge in [-0.2, -0.15) is 0 Å². The molecule has 2 heterocycles. The number of carboxylic acids is 1. The number of aromatic nitrogens is 3. The van der Waals surface area contributed by atoms with Gasteiger partial charge in [0.15, 0.2) is 9.84 Å². The van der Waals surface area contributed by atoms with Gasteiger partial charge < -0.3 is 9.90 Å². The molecular weight excluding hydrogens is 309 g/mol. The van der Waals surface area contributed by atoms with E-state index < -0.39 is 37.6 Å². The van der Waals surface area contributed by atoms with E-state index in [1.807, 2.05) is 0 Å². The number of fused-ring (bicyclic) bond motifs is 1. The van der Waals surface area contributed by atoms with Crippen LogP contribution in [0.1, 0.15) is 13.3 Å². The average molecular weight is 321 g/mol. The molecule has 0 amide bonds. The number of hydrogen-bond donors (Lipinski definition) is 0. The number of rotatable bonds is 3. The van der Waals surface area contributed by atoms with Crippen LogP contribution in [0.3, 0.4) is 0 Å². The van der Waals surface area contributed by atoms with E-state index in [0.717, 1.165) is 0 Å². The Morgan fingerprint density at radius 1 is 1.57 bits per heavy atom. The molecule has 1 saturated carbocycles. The van der Waals surface area contributed by atoms with E-state index in [1.54, 1.807) is 0 Å². The Labute approximate surface area is 143 Å². The predicted octanol–water partition coefficient (Wildman–Crippen LogP) is -5.21. The summed E-state index contributed by atoms with van der Waals surface area (Å²) in [6, 6.07) is 0. The first-order chi connectivity index (χ1) is 9.29. The monoisotopic (exact) mass is 321 g/mol. The number of carboxylic acid groups (broad SMARTS) is 1. The molecule has 1 aromatic rings. The van der Waals surface area contributed by atoms with Crippen LogP contribution in [0.5, 0.6) is 0 Å². The number of nitrogens with zero attached hydrogens (tertiary/aromatic N) is 3. The zero-order chi connectivity index (χ0) is 14.7. The van der Waals surface area contributed by atoms with Gasteiger partial charge in [0.25, 0.3) is 0 Å². The molecule has 0 bridgehead atoms. The van der Waals surface area contributed by atoms with E-state index in [1.165, 1.54) is 24.0 Å². The first-order valence-corrected chi connectivity index (χ1v) is 7.65. The van der Waals surface area contributed by atoms with Gasteiger partial charge in [-0.3, -0.25) is 9.48 Å². The van der Waals surface area contributed by atoms with Crippen LogP contribution in [-0.2, 0) is 26.0 Å². The largest absolute Gasteiger partial charge is 1.00 e. The first-order valence-electron chi connectivity index (χ1n) is 6.10. The number of sulfone groups is 1. The van der Waals surface area contributed by atoms with Gasteiger partial charge in [0.05, 0.1) is 22.7 Å². The molecule has 3 rings (SSSR count). The molecule has 2 unspecified atom stereocenters. The molecule has 1 aliphatic heterocycles. The maximum atomic E-state index is 12.6. The standard InChI is InChI=1S/C11H13N3O5S.Na/c1-11(5-14-3-2-12-13-14)9(10(16)17)8-6(15)4-7(8)20(11,18)19;/h2-3,7-9H,4-5H2,1H3,(H,16,17);/q;+1/p-1/t7?,8?,9-,11-;/m0./s1. The number of ketones is 1. The molecule has 1 aliphatic carbocycles. The van der Waals surface area contributed by atoms with Gasteiger partial charge in [0.2, 0.25) is 0 Å². The van der Waals surface area contributed by atoms with Gasteiger partial charge in [0.1, 0.15) is 5.78 Å². The van der Waals surface area contributed by atoms with Crippen LogP contribution in [0.2, 0.25) is 0 Å². The molecule has 1 saturated heterocycles. The first kappa shape index (κ1) is 16.6. The SMILES string of the molecule is C[C@]1(Cn2ccnn2)[C@H](C(=O)[O-])C2C(=O)CC2S1(=O)=O.[Na+]. The fourth-order valence-corrected chi connectivity index (χ4v) is 6.02. The number of Topliss-reactive ketones (excluding diaryl/α,β-unsaturated/α-hetero) is 1. The van der Waals surface area contributed by atoms with Crippen LogP contribution in [0.25, 0.3) is 0 Å². The minimum atomic E-state index is -3.76. The van der Waals surface area contributed by atoms with Crippen LogP contribution in [0, 0.1) is 11.8 Å². The second-order valence-electron chi connectivity index (χ2n) is 5.49. The predicted molar refractivity (Wildman–Crippen MR) is 62.7 cm³/mol. The summed E-state index contributed by atoms with van der Waals surface area (Å²) >= 11 is 0. The third-order valence-electron chi connectivity index (χ3n) is 4.44. The summed E-state index contributed by atoms with van der Waals surface area (Å²) in [5, 5.41) is 17.7. The van der Waals surface area contributed by atoms with E-state index in [4.69, 9.17) is 0 Å². The Bertz CT molecular complexity index is 689. The van der Waals surface area contributed by atoms with E-state index in [-0.39, 0.29) is 48.3 Å². The van der Waals surface area contributed by atoms with Crippen LogP contribution in [0.4, 0.5) is 0 Å². The smallest absolute Gasteiger partial charge is 0.550 e. The Balaban J connectivity index is 0.00000161. The topological polar surface area (TPSA) is 122 Å². The summed E-state index contributed by atoms with van der Waals surface area (Å²) in [4.78, 5) is 23.0. The molecule has 108 valence electrons. The van der Waals surface area contributed by atoms with Crippen molar-refractivity contribution in [3.05, 3.63) is 12.4 Å². The molecular formula is C11H12N3NaO5S. The molecule has 2 fully saturated rings. The van der Waals surface area contributed by atoms with Crippen LogP contribution >= 0.6 is 0 Å². The Morgan fingerprint density at radius 3 is 2.71 bits per heavy atom. The molecule has 1 aromatic heterocycles. The van der Waals surface area contributed by atoms with Crippen molar-refractivity contribution in [2.45, 2.75) is 29.9 Å². The van der Waals surface area contributed by atoms with Crippen molar-refractivity contribution in [1.29, 1.82) is 0 Å². The van der Waals surface area contributed by atoms with Gasteiger partial charge in [-0.15, -0.1) is 5.10 Å². The van der Waals surface area contributed by atoms with Crippen molar-refractivity contribution >= 4 is 21.6 Å². The molecule has 0 spiro atoms. The van der Waals surface area contributed by atoms with Crippen molar-refractivity contribution in [2.75, 3.05) is 0 Å². The van der Waals surface area contributed by atoms with Gasteiger partial charge in [-0.1, -0.05) is 5.21 Å². The van der Waals surface area contributed by atoms with E-state index in [0.29, 0.717) is 0 Å². The van der Waals surface area contributed by atoms with E-state index in [9.17, 15) is 23.1 Å². The second kappa shape index (κ2) is 5.15. The molecule has 2 aliphatic rings. The molecule has 0 aromatic carbocycles. The Kier molecular flexibility index (Phi) is 4.07. The maximum absolute atomic E-state index is 12.6. The minimum absolute atomic E-state index is 0. The van der Waals surface area contributed by atoms with Crippen molar-refractivity contribution in [2.24, 2.45) is 11.8 Å². The summed E-state index contributed by atoms with van der Waals surface area (Å²) in [7, 11) is -3.76. The summed E-state index contributed by atoms with van der Waals surface area (Å²) < 4.78 is 24.8. The van der Waals surface area contributed by atoms with Gasteiger partial charge in [0, 0.05) is 30.4 Å². The third kappa shape index (κ3) is 2.09. The number of carbonyl (C=O) groups excluding carboxylic acids is 2. The van der Waals surface area contributed by atoms with Crippen molar-refractivity contribution in [1.82, 2.24) is 15.0 Å². The molecule has 0 radical (unpaired) electrons. The molecule has 0 N–H and O–H groups in total. The van der Waals surface area contributed by atoms with Crippen molar-refractivity contribution < 1.29 is 52.7 Å². The quantitative estimate of drug-likeness (QED) is 0.510. The molecule has 4 atom stereocenters. The Hall–Kier alpha value is -0.770. The fraction of sp³-hybridized carbons (Fsp3) is 0.636. The number of aliphatic carboxylic acids is 1. The zero-order valence-corrected chi connectivity index (χ0v) is 14.4. The van der Waals surface area contributed by atoms with Gasteiger partial charge in [-0.05, 0) is 6.92 Å². The minimum Gasteiger partial charge on any atom is -0.550 e. The fourth-order valence-electron chi connectivity index (χ4n) is 3.34. The van der Waals surface area contributed by atoms with Crippen LogP contribution in [0.15, 0.2) is 12.4 Å². The molecule has 21 heavy (non-hydrogen) atoms. The van der Waals surface area contributed by atoms with Crippen molar-refractivity contribution in [3.8, 4) is 0 Å². The third-order valence-corrected chi connectivity index (χ3v) is 7.38. The summed E-state index contributed by atoms with van der Waals surface area (Å²) in [5.74, 6) is -4.16. The van der Waals surface area contributed by atoms with Gasteiger partial charge in [-0.25, -0.2) is 8.42 Å². The number of hydrogen-bond acceptors (Lipinski definition) is 7. The van der Waals surface area contributed by atoms with Crippen molar-refractivity contribution in [3.63, 3.8) is 0 Å². The van der Waals surface area contributed by atoms with Gasteiger partial charge >= 0.3 is 29.6 Å². The molecule has 8 nitrogen and oxygen atoms in total. The van der Waals surface area contributed by atoms with E-state index >= 15 is 0 Å². The Morgan fingerprint density at radius 2 is 2.24 bits per heavy atom. The molecule has 10 heteroatoms.